The zero-order valence-electron chi connectivity index (χ0n) is 36.2. The number of hydrogen-bond acceptors (Lipinski definition) is 7. The van der Waals surface area contributed by atoms with E-state index in [9.17, 15) is 14.4 Å². The van der Waals surface area contributed by atoms with Gasteiger partial charge in [0.2, 0.25) is 0 Å². The molecule has 0 N–H and O–H groups in total. The summed E-state index contributed by atoms with van der Waals surface area (Å²) in [7, 11) is 0. The molecule has 54 heavy (non-hydrogen) atoms. The molecule has 1 saturated heterocycles. The number of thioether (sulfide) groups is 1. The van der Waals surface area contributed by atoms with Crippen molar-refractivity contribution in [3.05, 3.63) is 0 Å². The fourth-order valence-electron chi connectivity index (χ4n) is 7.58. The van der Waals surface area contributed by atoms with Crippen LogP contribution in [0.3, 0.4) is 0 Å². The Bertz CT molecular complexity index is 803. The van der Waals surface area contributed by atoms with Crippen LogP contribution in [0.15, 0.2) is 0 Å². The Kier molecular flexibility index (Phi) is 35.1. The van der Waals surface area contributed by atoms with Gasteiger partial charge in [0, 0.05) is 38.2 Å². The van der Waals surface area contributed by atoms with Crippen molar-refractivity contribution < 1.29 is 23.9 Å². The molecule has 0 aromatic rings. The number of unbranched alkanes of at least 4 members (excludes halogenated alkanes) is 16. The number of esters is 2. The van der Waals surface area contributed by atoms with Crippen molar-refractivity contribution in [1.82, 2.24) is 9.80 Å². The van der Waals surface area contributed by atoms with E-state index in [0.29, 0.717) is 38.8 Å². The number of carbonyl (C=O) groups excluding carboxylic acids is 3. The van der Waals surface area contributed by atoms with Gasteiger partial charge in [0.25, 0.3) is 5.24 Å². The summed E-state index contributed by atoms with van der Waals surface area (Å²) in [5.74, 6) is 0.507. The van der Waals surface area contributed by atoms with Crippen LogP contribution in [-0.4, -0.2) is 77.7 Å². The lowest BCUT2D eigenvalue weighted by molar-refractivity contribution is -0.150. The van der Waals surface area contributed by atoms with Crippen molar-refractivity contribution in [2.24, 2.45) is 0 Å². The highest BCUT2D eigenvalue weighted by atomic mass is 32.2. The quantitative estimate of drug-likeness (QED) is 0.0459. The van der Waals surface area contributed by atoms with Crippen LogP contribution in [0.5, 0.6) is 0 Å². The van der Waals surface area contributed by atoms with Crippen LogP contribution < -0.4 is 0 Å². The smallest absolute Gasteiger partial charge is 0.306 e. The third-order valence-electron chi connectivity index (χ3n) is 11.1. The topological polar surface area (TPSA) is 76.1 Å². The number of carbonyl (C=O) groups is 3. The van der Waals surface area contributed by atoms with Gasteiger partial charge in [-0.25, -0.2) is 0 Å². The molecule has 0 spiro atoms. The van der Waals surface area contributed by atoms with Gasteiger partial charge in [0.05, 0.1) is 0 Å². The number of piperidine rings is 1. The molecule has 0 unspecified atom stereocenters. The summed E-state index contributed by atoms with van der Waals surface area (Å²) in [4.78, 5) is 44.0. The summed E-state index contributed by atoms with van der Waals surface area (Å²) in [5, 5.41) is 0.0582. The van der Waals surface area contributed by atoms with Crippen molar-refractivity contribution in [2.45, 2.75) is 239 Å². The molecule has 1 rings (SSSR count). The highest BCUT2D eigenvalue weighted by Crippen LogP contribution is 2.20. The summed E-state index contributed by atoms with van der Waals surface area (Å²) in [6.07, 6.45) is 33.7. The molecule has 0 aromatic heterocycles. The molecule has 0 saturated carbocycles. The van der Waals surface area contributed by atoms with Crippen LogP contribution in [0.1, 0.15) is 227 Å². The van der Waals surface area contributed by atoms with Gasteiger partial charge in [-0.05, 0) is 90.1 Å². The normalized spacial score (nSPS) is 13.5. The maximum atomic E-state index is 13.5. The molecule has 1 aliphatic heterocycles. The Labute approximate surface area is 339 Å². The molecule has 1 fully saturated rings. The predicted molar refractivity (Wildman–Crippen MR) is 231 cm³/mol. The molecule has 0 bridgehead atoms. The zero-order valence-corrected chi connectivity index (χ0v) is 37.0. The van der Waals surface area contributed by atoms with Crippen molar-refractivity contribution >= 4 is 28.9 Å². The lowest BCUT2D eigenvalue weighted by atomic mass is 10.0. The van der Waals surface area contributed by atoms with E-state index >= 15 is 0 Å². The van der Waals surface area contributed by atoms with Gasteiger partial charge in [0.1, 0.15) is 12.2 Å². The summed E-state index contributed by atoms with van der Waals surface area (Å²) in [5.41, 5.74) is 0. The zero-order chi connectivity index (χ0) is 39.3. The maximum absolute atomic E-state index is 13.5. The molecule has 1 aliphatic rings. The predicted octanol–water partition coefficient (Wildman–Crippen LogP) is 13.5. The van der Waals surface area contributed by atoms with Gasteiger partial charge in [-0.1, -0.05) is 149 Å². The van der Waals surface area contributed by atoms with Crippen molar-refractivity contribution in [3.63, 3.8) is 0 Å². The van der Waals surface area contributed by atoms with E-state index in [1.54, 1.807) is 0 Å². The first-order valence-corrected chi connectivity index (χ1v) is 24.4. The van der Waals surface area contributed by atoms with E-state index in [4.69, 9.17) is 9.47 Å². The lowest BCUT2D eigenvalue weighted by Gasteiger charge is -2.27. The van der Waals surface area contributed by atoms with Crippen LogP contribution in [0, 0.1) is 0 Å². The number of rotatable bonds is 37. The molecule has 7 nitrogen and oxygen atoms in total. The first-order chi connectivity index (χ1) is 26.4. The molecule has 318 valence electrons. The Morgan fingerprint density at radius 2 is 0.889 bits per heavy atom. The van der Waals surface area contributed by atoms with Crippen LogP contribution in [-0.2, 0) is 19.1 Å². The van der Waals surface area contributed by atoms with Gasteiger partial charge in [-0.15, -0.1) is 0 Å². The highest BCUT2D eigenvalue weighted by molar-refractivity contribution is 8.13. The average Bonchev–Trinajstić information content (AvgIpc) is 3.17. The van der Waals surface area contributed by atoms with E-state index in [2.05, 4.69) is 32.6 Å². The molecule has 8 heteroatoms. The van der Waals surface area contributed by atoms with E-state index in [0.717, 1.165) is 76.8 Å². The number of ether oxygens (including phenoxy) is 2. The van der Waals surface area contributed by atoms with Gasteiger partial charge in [-0.2, -0.15) is 0 Å². The van der Waals surface area contributed by atoms with Crippen molar-refractivity contribution in [2.75, 3.05) is 38.5 Å². The molecule has 0 atom stereocenters. The number of hydrogen-bond donors (Lipinski definition) is 0. The van der Waals surface area contributed by atoms with Crippen LogP contribution >= 0.6 is 11.8 Å². The monoisotopic (exact) mass is 781 g/mol. The van der Waals surface area contributed by atoms with E-state index < -0.39 is 0 Å². The highest BCUT2D eigenvalue weighted by Gasteiger charge is 2.20. The summed E-state index contributed by atoms with van der Waals surface area (Å²) in [6.45, 7) is 13.2. The van der Waals surface area contributed by atoms with Gasteiger partial charge in [0.15, 0.2) is 0 Å². The van der Waals surface area contributed by atoms with Crippen molar-refractivity contribution in [1.29, 1.82) is 0 Å². The maximum Gasteiger partial charge on any atom is 0.306 e. The Morgan fingerprint density at radius 1 is 0.519 bits per heavy atom. The molecular weight excluding hydrogens is 693 g/mol. The second-order valence-corrected chi connectivity index (χ2v) is 17.3. The van der Waals surface area contributed by atoms with E-state index in [-0.39, 0.29) is 29.4 Å². The van der Waals surface area contributed by atoms with Crippen molar-refractivity contribution in [3.8, 4) is 0 Å². The van der Waals surface area contributed by atoms with Gasteiger partial charge < -0.3 is 19.3 Å². The molecule has 0 aromatic carbocycles. The minimum absolute atomic E-state index is 0.00588. The molecule has 0 radical (unpaired) electrons. The number of nitrogens with zero attached hydrogens (tertiary/aromatic N) is 2. The average molecular weight is 781 g/mol. The molecule has 1 heterocycles. The van der Waals surface area contributed by atoms with E-state index in [1.807, 2.05) is 4.90 Å². The summed E-state index contributed by atoms with van der Waals surface area (Å²) in [6, 6.07) is 0. The minimum atomic E-state index is -0.133. The number of likely N-dealkylation sites (tertiary alicyclic amines) is 1. The third-order valence-corrected chi connectivity index (χ3v) is 12.0. The SMILES string of the molecule is CCCCCCCC(CCCCCCC)OC(=O)CCCN(CCCC(=O)OC(CCCCCCC)CCCCCCC)C(=O)SCCN1CCCCC1. The Hall–Kier alpha value is -1.28. The molecule has 0 aliphatic carbocycles. The van der Waals surface area contributed by atoms with E-state index in [1.165, 1.54) is 134 Å². The second kappa shape index (κ2) is 37.3. The molecular formula is C46H88N2O5S. The fraction of sp³-hybridized carbons (Fsp3) is 0.935. The van der Waals surface area contributed by atoms with Gasteiger partial charge >= 0.3 is 11.9 Å². The van der Waals surface area contributed by atoms with Crippen LogP contribution in [0.25, 0.3) is 0 Å². The first kappa shape index (κ1) is 50.7. The third kappa shape index (κ3) is 29.9. The standard InChI is InChI=1S/C46H88N2O5S/c1-5-9-13-17-22-30-42(31-23-18-14-10-6-2)52-44(49)34-28-38-48(46(51)54-41-40-47-36-26-21-27-37-47)39-29-35-45(50)53-43(32-24-19-15-11-7-3)33-25-20-16-12-8-4/h42-43H,5-41H2,1-4H3. The fourth-order valence-corrected chi connectivity index (χ4v) is 8.46. The largest absolute Gasteiger partial charge is 0.462 e. The Balaban J connectivity index is 2.69. The van der Waals surface area contributed by atoms with Crippen LogP contribution in [0.4, 0.5) is 4.79 Å². The summed E-state index contributed by atoms with van der Waals surface area (Å²) >= 11 is 1.39. The first-order valence-electron chi connectivity index (χ1n) is 23.5. The molecule has 1 amide bonds. The Morgan fingerprint density at radius 3 is 1.26 bits per heavy atom. The lowest BCUT2D eigenvalue weighted by Crippen LogP contribution is -2.34. The van der Waals surface area contributed by atoms with Gasteiger partial charge in [-0.3, -0.25) is 14.4 Å². The minimum Gasteiger partial charge on any atom is -0.462 e. The van der Waals surface area contributed by atoms with Crippen LogP contribution in [0.2, 0.25) is 0 Å². The second-order valence-electron chi connectivity index (χ2n) is 16.2. The summed E-state index contributed by atoms with van der Waals surface area (Å²) < 4.78 is 12.1. The number of amides is 1.